The van der Waals surface area contributed by atoms with Crippen LogP contribution in [-0.4, -0.2) is 22.6 Å². The van der Waals surface area contributed by atoms with Crippen molar-refractivity contribution in [2.45, 2.75) is 37.6 Å². The van der Waals surface area contributed by atoms with E-state index in [0.29, 0.717) is 12.0 Å². The minimum Gasteiger partial charge on any atom is -0.331 e. The van der Waals surface area contributed by atoms with Crippen LogP contribution in [0, 0.1) is 0 Å². The van der Waals surface area contributed by atoms with Crippen LogP contribution in [0.1, 0.15) is 41.6 Å². The first-order valence-electron chi connectivity index (χ1n) is 7.71. The molecular weight excluding hydrogens is 246 g/mol. The number of benzene rings is 1. The Hall–Kier alpha value is -1.61. The lowest BCUT2D eigenvalue weighted by Gasteiger charge is -2.25. The Kier molecular flexibility index (Phi) is 3.07. The monoisotopic (exact) mass is 267 g/mol. The quantitative estimate of drug-likeness (QED) is 0.906. The van der Waals surface area contributed by atoms with Crippen LogP contribution in [0.5, 0.6) is 0 Å². The number of imidazole rings is 1. The fraction of sp³-hybridized carbons (Fsp3) is 0.471. The molecule has 1 N–H and O–H groups in total. The predicted molar refractivity (Wildman–Crippen MR) is 80.0 cm³/mol. The molecule has 3 nitrogen and oxygen atoms in total. The summed E-state index contributed by atoms with van der Waals surface area (Å²) in [7, 11) is 0. The first-order valence-corrected chi connectivity index (χ1v) is 7.71. The molecule has 3 heteroatoms. The van der Waals surface area contributed by atoms with Gasteiger partial charge in [0.05, 0.1) is 6.33 Å². The average molecular weight is 267 g/mol. The zero-order valence-electron chi connectivity index (χ0n) is 11.8. The first-order chi connectivity index (χ1) is 9.92. The second-order valence-electron chi connectivity index (χ2n) is 6.10. The van der Waals surface area contributed by atoms with Gasteiger partial charge >= 0.3 is 0 Å². The minimum atomic E-state index is 0.562. The Morgan fingerprint density at radius 2 is 1.95 bits per heavy atom. The molecule has 1 aliphatic heterocycles. The van der Waals surface area contributed by atoms with E-state index >= 15 is 0 Å². The summed E-state index contributed by atoms with van der Waals surface area (Å²) < 4.78 is 2.44. The van der Waals surface area contributed by atoms with Crippen molar-refractivity contribution in [2.75, 3.05) is 13.1 Å². The van der Waals surface area contributed by atoms with Gasteiger partial charge in [-0.15, -0.1) is 0 Å². The fourth-order valence-corrected chi connectivity index (χ4v) is 3.77. The van der Waals surface area contributed by atoms with Gasteiger partial charge in [0.15, 0.2) is 0 Å². The number of nitrogens with zero attached hydrogens (tertiary/aromatic N) is 2. The standard InChI is InChI=1S/C17H21N3/c1-2-5-14-9-16(8-13(14)4-1)20-12-19-11-17(20)15-6-3-7-18-10-15/h1-2,4-5,11-12,15-16,18H,3,6-10H2. The number of hydrogen-bond acceptors (Lipinski definition) is 2. The molecule has 1 aliphatic carbocycles. The highest BCUT2D eigenvalue weighted by molar-refractivity contribution is 5.33. The third kappa shape index (κ3) is 2.06. The maximum Gasteiger partial charge on any atom is 0.0951 e. The molecule has 0 radical (unpaired) electrons. The molecule has 0 spiro atoms. The highest BCUT2D eigenvalue weighted by Gasteiger charge is 2.26. The number of rotatable bonds is 2. The van der Waals surface area contributed by atoms with E-state index in [2.05, 4.69) is 45.3 Å². The summed E-state index contributed by atoms with van der Waals surface area (Å²) >= 11 is 0. The third-order valence-corrected chi connectivity index (χ3v) is 4.83. The molecule has 0 saturated carbocycles. The molecule has 1 aromatic heterocycles. The van der Waals surface area contributed by atoms with Crippen LogP contribution >= 0.6 is 0 Å². The molecule has 1 unspecified atom stereocenters. The Labute approximate surface area is 120 Å². The molecule has 0 amide bonds. The lowest BCUT2D eigenvalue weighted by molar-refractivity contribution is 0.420. The smallest absolute Gasteiger partial charge is 0.0951 e. The summed E-state index contributed by atoms with van der Waals surface area (Å²) in [5.74, 6) is 0.634. The summed E-state index contributed by atoms with van der Waals surface area (Å²) in [6.07, 6.45) is 9.00. The van der Waals surface area contributed by atoms with Crippen LogP contribution in [0.2, 0.25) is 0 Å². The normalized spacial score (nSPS) is 22.9. The molecule has 1 aromatic carbocycles. The summed E-state index contributed by atoms with van der Waals surface area (Å²) in [5.41, 5.74) is 4.45. The molecule has 4 rings (SSSR count). The van der Waals surface area contributed by atoms with Gasteiger partial charge in [0.1, 0.15) is 0 Å². The molecule has 1 saturated heterocycles. The second kappa shape index (κ2) is 5.06. The Morgan fingerprint density at radius 1 is 1.15 bits per heavy atom. The summed E-state index contributed by atoms with van der Waals surface area (Å²) in [4.78, 5) is 4.44. The third-order valence-electron chi connectivity index (χ3n) is 4.83. The van der Waals surface area contributed by atoms with Crippen molar-refractivity contribution < 1.29 is 0 Å². The number of piperidine rings is 1. The van der Waals surface area contributed by atoms with Gasteiger partial charge in [0, 0.05) is 30.4 Å². The van der Waals surface area contributed by atoms with E-state index in [4.69, 9.17) is 0 Å². The van der Waals surface area contributed by atoms with Crippen molar-refractivity contribution in [3.05, 3.63) is 53.6 Å². The van der Waals surface area contributed by atoms with Crippen LogP contribution in [0.25, 0.3) is 0 Å². The minimum absolute atomic E-state index is 0.562. The van der Waals surface area contributed by atoms with Crippen molar-refractivity contribution in [3.63, 3.8) is 0 Å². The van der Waals surface area contributed by atoms with E-state index in [-0.39, 0.29) is 0 Å². The molecule has 20 heavy (non-hydrogen) atoms. The van der Waals surface area contributed by atoms with Crippen molar-refractivity contribution in [2.24, 2.45) is 0 Å². The van der Waals surface area contributed by atoms with E-state index in [1.54, 1.807) is 0 Å². The molecule has 104 valence electrons. The Bertz CT molecular complexity index is 571. The number of hydrogen-bond donors (Lipinski definition) is 1. The summed E-state index contributed by atoms with van der Waals surface area (Å²) in [6.45, 7) is 2.27. The van der Waals surface area contributed by atoms with Crippen LogP contribution in [0.3, 0.4) is 0 Å². The van der Waals surface area contributed by atoms with Gasteiger partial charge in [0.2, 0.25) is 0 Å². The zero-order valence-corrected chi connectivity index (χ0v) is 11.8. The molecule has 2 aliphatic rings. The van der Waals surface area contributed by atoms with Crippen molar-refractivity contribution >= 4 is 0 Å². The molecule has 1 atom stereocenters. The second-order valence-corrected chi connectivity index (χ2v) is 6.10. The molecule has 0 bridgehead atoms. The highest BCUT2D eigenvalue weighted by Crippen LogP contribution is 2.33. The average Bonchev–Trinajstić information content (AvgIpc) is 3.14. The lowest BCUT2D eigenvalue weighted by Crippen LogP contribution is -2.30. The molecule has 1 fully saturated rings. The van der Waals surface area contributed by atoms with E-state index in [1.807, 2.05) is 6.33 Å². The largest absolute Gasteiger partial charge is 0.331 e. The number of nitrogens with one attached hydrogen (secondary N) is 1. The van der Waals surface area contributed by atoms with Crippen LogP contribution in [0.4, 0.5) is 0 Å². The number of fused-ring (bicyclic) bond motifs is 1. The van der Waals surface area contributed by atoms with Gasteiger partial charge in [-0.05, 0) is 43.4 Å². The van der Waals surface area contributed by atoms with Gasteiger partial charge in [-0.25, -0.2) is 4.98 Å². The van der Waals surface area contributed by atoms with Crippen LogP contribution in [-0.2, 0) is 12.8 Å². The summed E-state index contributed by atoms with van der Waals surface area (Å²) in [5, 5.41) is 3.52. The van der Waals surface area contributed by atoms with Gasteiger partial charge < -0.3 is 9.88 Å². The van der Waals surface area contributed by atoms with Crippen molar-refractivity contribution in [1.29, 1.82) is 0 Å². The van der Waals surface area contributed by atoms with Gasteiger partial charge in [0.25, 0.3) is 0 Å². The Morgan fingerprint density at radius 3 is 2.65 bits per heavy atom. The van der Waals surface area contributed by atoms with Crippen molar-refractivity contribution in [3.8, 4) is 0 Å². The maximum absolute atomic E-state index is 4.44. The Balaban J connectivity index is 1.60. The molecular formula is C17H21N3. The van der Waals surface area contributed by atoms with Crippen LogP contribution in [0.15, 0.2) is 36.8 Å². The van der Waals surface area contributed by atoms with Crippen LogP contribution < -0.4 is 5.32 Å². The number of aromatic nitrogens is 2. The zero-order chi connectivity index (χ0) is 13.4. The molecule has 2 aromatic rings. The van der Waals surface area contributed by atoms with Gasteiger partial charge in [-0.2, -0.15) is 0 Å². The van der Waals surface area contributed by atoms with E-state index in [0.717, 1.165) is 19.4 Å². The topological polar surface area (TPSA) is 29.9 Å². The van der Waals surface area contributed by atoms with E-state index in [9.17, 15) is 0 Å². The van der Waals surface area contributed by atoms with E-state index < -0.39 is 0 Å². The van der Waals surface area contributed by atoms with Gasteiger partial charge in [-0.3, -0.25) is 0 Å². The fourth-order valence-electron chi connectivity index (χ4n) is 3.77. The van der Waals surface area contributed by atoms with E-state index in [1.165, 1.54) is 36.2 Å². The maximum atomic E-state index is 4.44. The molecule has 2 heterocycles. The summed E-state index contributed by atoms with van der Waals surface area (Å²) in [6, 6.07) is 9.41. The van der Waals surface area contributed by atoms with Crippen molar-refractivity contribution in [1.82, 2.24) is 14.9 Å². The SMILES string of the molecule is c1ccc2c(c1)CC(n1cncc1C1CCCNC1)C2. The lowest BCUT2D eigenvalue weighted by atomic mass is 9.96. The van der Waals surface area contributed by atoms with Gasteiger partial charge in [-0.1, -0.05) is 24.3 Å². The highest BCUT2D eigenvalue weighted by atomic mass is 15.1. The first kappa shape index (κ1) is 12.2. The predicted octanol–water partition coefficient (Wildman–Crippen LogP) is 2.69.